The van der Waals surface area contributed by atoms with Crippen molar-refractivity contribution in [1.82, 2.24) is 9.29 Å². The lowest BCUT2D eigenvalue weighted by Gasteiger charge is -2.30. The van der Waals surface area contributed by atoms with Gasteiger partial charge in [-0.3, -0.25) is 0 Å². The molecule has 0 bridgehead atoms. The fourth-order valence-electron chi connectivity index (χ4n) is 3.54. The molecule has 4 rings (SSSR count). The molecule has 0 radical (unpaired) electrons. The van der Waals surface area contributed by atoms with Gasteiger partial charge < -0.3 is 10.2 Å². The Kier molecular flexibility index (Phi) is 5.72. The lowest BCUT2D eigenvalue weighted by atomic mass is 10.1. The van der Waals surface area contributed by atoms with Gasteiger partial charge in [-0.1, -0.05) is 23.7 Å². The molecule has 0 saturated carbocycles. The molecule has 0 atom stereocenters. The summed E-state index contributed by atoms with van der Waals surface area (Å²) >= 11 is 6.00. The summed E-state index contributed by atoms with van der Waals surface area (Å²) in [5.74, 6) is 0. The highest BCUT2D eigenvalue weighted by atomic mass is 35.5. The van der Waals surface area contributed by atoms with Crippen LogP contribution in [0.5, 0.6) is 0 Å². The lowest BCUT2D eigenvalue weighted by molar-refractivity contribution is 0.588. The van der Waals surface area contributed by atoms with Crippen molar-refractivity contribution >= 4 is 50.6 Å². The summed E-state index contributed by atoms with van der Waals surface area (Å²) < 4.78 is 27.7. The van der Waals surface area contributed by atoms with Crippen LogP contribution in [0, 0.1) is 6.92 Å². The SMILES string of the molecule is Cc1cn(S(=O)(=O)c2cccc(Cl)c2)c2cccc(N3CCNCC3)c12.Cl. The molecule has 1 aliphatic heterocycles. The Balaban J connectivity index is 0.00000210. The van der Waals surface area contributed by atoms with Crippen LogP contribution >= 0.6 is 24.0 Å². The van der Waals surface area contributed by atoms with Gasteiger partial charge in [-0.15, -0.1) is 12.4 Å². The smallest absolute Gasteiger partial charge is 0.268 e. The van der Waals surface area contributed by atoms with Crippen molar-refractivity contribution in [2.75, 3.05) is 31.1 Å². The number of rotatable bonds is 3. The minimum absolute atomic E-state index is 0. The van der Waals surface area contributed by atoms with E-state index in [0.717, 1.165) is 42.8 Å². The van der Waals surface area contributed by atoms with E-state index in [-0.39, 0.29) is 17.3 Å². The standard InChI is InChI=1S/C19H20ClN3O2S.ClH/c1-14-13-23(26(24,25)16-5-2-4-15(20)12-16)18-7-3-6-17(19(14)18)22-10-8-21-9-11-22;/h2-7,12-13,21H,8-11H2,1H3;1H. The second-order valence-corrected chi connectivity index (χ2v) is 8.73. The summed E-state index contributed by atoms with van der Waals surface area (Å²) in [7, 11) is -3.71. The first kappa shape index (κ1) is 20.0. The highest BCUT2D eigenvalue weighted by Crippen LogP contribution is 2.33. The van der Waals surface area contributed by atoms with Gasteiger partial charge in [0.25, 0.3) is 10.0 Å². The monoisotopic (exact) mass is 425 g/mol. The van der Waals surface area contributed by atoms with Crippen molar-refractivity contribution in [3.8, 4) is 0 Å². The first-order chi connectivity index (χ1) is 12.5. The van der Waals surface area contributed by atoms with E-state index in [1.807, 2.05) is 19.1 Å². The summed E-state index contributed by atoms with van der Waals surface area (Å²) in [6.07, 6.45) is 1.70. The summed E-state index contributed by atoms with van der Waals surface area (Å²) in [6, 6.07) is 12.2. The predicted octanol–water partition coefficient (Wildman–Crippen LogP) is 3.67. The van der Waals surface area contributed by atoms with Gasteiger partial charge in [0.2, 0.25) is 0 Å². The van der Waals surface area contributed by atoms with E-state index in [9.17, 15) is 8.42 Å². The molecule has 1 N–H and O–H groups in total. The molecule has 1 aromatic heterocycles. The number of nitrogens with zero attached hydrogens (tertiary/aromatic N) is 2. The lowest BCUT2D eigenvalue weighted by Crippen LogP contribution is -2.43. The van der Waals surface area contributed by atoms with Crippen molar-refractivity contribution < 1.29 is 8.42 Å². The van der Waals surface area contributed by atoms with Crippen LogP contribution in [0.4, 0.5) is 5.69 Å². The van der Waals surface area contributed by atoms with E-state index in [1.165, 1.54) is 10.0 Å². The molecule has 1 aliphatic rings. The molecule has 0 unspecified atom stereocenters. The van der Waals surface area contributed by atoms with Crippen LogP contribution in [0.25, 0.3) is 10.9 Å². The van der Waals surface area contributed by atoms with Crippen molar-refractivity contribution in [2.24, 2.45) is 0 Å². The molecule has 0 spiro atoms. The molecule has 1 fully saturated rings. The number of hydrogen-bond acceptors (Lipinski definition) is 4. The van der Waals surface area contributed by atoms with Crippen LogP contribution in [-0.4, -0.2) is 38.6 Å². The number of aryl methyl sites for hydroxylation is 1. The van der Waals surface area contributed by atoms with E-state index >= 15 is 0 Å². The molecule has 8 heteroatoms. The maximum Gasteiger partial charge on any atom is 0.268 e. The summed E-state index contributed by atoms with van der Waals surface area (Å²) in [5, 5.41) is 4.74. The average Bonchev–Trinajstić information content (AvgIpc) is 3.00. The largest absolute Gasteiger partial charge is 0.368 e. The van der Waals surface area contributed by atoms with Gasteiger partial charge in [-0.25, -0.2) is 12.4 Å². The van der Waals surface area contributed by atoms with E-state index < -0.39 is 10.0 Å². The zero-order chi connectivity index (χ0) is 18.3. The second kappa shape index (κ2) is 7.72. The van der Waals surface area contributed by atoms with Crippen molar-refractivity contribution in [1.29, 1.82) is 0 Å². The first-order valence-electron chi connectivity index (χ1n) is 8.56. The number of anilines is 1. The maximum atomic E-state index is 13.2. The third-order valence-electron chi connectivity index (χ3n) is 4.77. The number of piperazine rings is 1. The third-order valence-corrected chi connectivity index (χ3v) is 6.68. The Bertz CT molecular complexity index is 1070. The van der Waals surface area contributed by atoms with Crippen LogP contribution in [0.1, 0.15) is 5.56 Å². The molecule has 1 saturated heterocycles. The summed E-state index contributed by atoms with van der Waals surface area (Å²) in [6.45, 7) is 5.63. The van der Waals surface area contributed by atoms with Gasteiger partial charge in [-0.05, 0) is 42.8 Å². The summed E-state index contributed by atoms with van der Waals surface area (Å²) in [4.78, 5) is 2.50. The normalized spacial score (nSPS) is 15.0. The second-order valence-electron chi connectivity index (χ2n) is 6.48. The number of fused-ring (bicyclic) bond motifs is 1. The highest BCUT2D eigenvalue weighted by Gasteiger charge is 2.23. The minimum Gasteiger partial charge on any atom is -0.368 e. The fourth-order valence-corrected chi connectivity index (χ4v) is 5.25. The predicted molar refractivity (Wildman–Crippen MR) is 113 cm³/mol. The Labute approximate surface area is 170 Å². The fraction of sp³-hybridized carbons (Fsp3) is 0.263. The zero-order valence-electron chi connectivity index (χ0n) is 14.9. The quantitative estimate of drug-likeness (QED) is 0.695. The number of aromatic nitrogens is 1. The molecular formula is C19H21Cl2N3O2S. The van der Waals surface area contributed by atoms with Crippen LogP contribution in [0.15, 0.2) is 53.6 Å². The molecule has 2 aromatic carbocycles. The average molecular weight is 426 g/mol. The van der Waals surface area contributed by atoms with Gasteiger partial charge in [0.1, 0.15) is 0 Å². The van der Waals surface area contributed by atoms with Crippen LogP contribution < -0.4 is 10.2 Å². The molecule has 0 aliphatic carbocycles. The summed E-state index contributed by atoms with van der Waals surface area (Å²) in [5.41, 5.74) is 2.72. The van der Waals surface area contributed by atoms with E-state index in [2.05, 4.69) is 16.3 Å². The van der Waals surface area contributed by atoms with E-state index in [4.69, 9.17) is 11.6 Å². The first-order valence-corrected chi connectivity index (χ1v) is 10.4. The Morgan fingerprint density at radius 3 is 2.48 bits per heavy atom. The maximum absolute atomic E-state index is 13.2. The highest BCUT2D eigenvalue weighted by molar-refractivity contribution is 7.90. The number of hydrogen-bond donors (Lipinski definition) is 1. The third kappa shape index (κ3) is 3.55. The Morgan fingerprint density at radius 2 is 1.78 bits per heavy atom. The molecule has 144 valence electrons. The van der Waals surface area contributed by atoms with E-state index in [0.29, 0.717) is 10.5 Å². The molecule has 3 aromatic rings. The molecule has 0 amide bonds. The van der Waals surface area contributed by atoms with Crippen LogP contribution in [0.3, 0.4) is 0 Å². The molecule has 5 nitrogen and oxygen atoms in total. The Morgan fingerprint density at radius 1 is 1.07 bits per heavy atom. The topological polar surface area (TPSA) is 54.3 Å². The zero-order valence-corrected chi connectivity index (χ0v) is 17.2. The van der Waals surface area contributed by atoms with Gasteiger partial charge in [0.05, 0.1) is 10.4 Å². The van der Waals surface area contributed by atoms with Gasteiger partial charge in [0, 0.05) is 48.5 Å². The number of benzene rings is 2. The van der Waals surface area contributed by atoms with Crippen LogP contribution in [-0.2, 0) is 10.0 Å². The van der Waals surface area contributed by atoms with Gasteiger partial charge >= 0.3 is 0 Å². The Hall–Kier alpha value is -1.73. The molecule has 2 heterocycles. The number of nitrogens with one attached hydrogen (secondary N) is 1. The number of halogens is 2. The van der Waals surface area contributed by atoms with E-state index in [1.54, 1.807) is 24.4 Å². The molecular weight excluding hydrogens is 405 g/mol. The van der Waals surface area contributed by atoms with Crippen molar-refractivity contribution in [3.05, 3.63) is 59.2 Å². The van der Waals surface area contributed by atoms with Gasteiger partial charge in [0.15, 0.2) is 0 Å². The van der Waals surface area contributed by atoms with Gasteiger partial charge in [-0.2, -0.15) is 0 Å². The van der Waals surface area contributed by atoms with Crippen LogP contribution in [0.2, 0.25) is 5.02 Å². The van der Waals surface area contributed by atoms with Crippen molar-refractivity contribution in [3.63, 3.8) is 0 Å². The molecule has 27 heavy (non-hydrogen) atoms. The van der Waals surface area contributed by atoms with Crippen molar-refractivity contribution in [2.45, 2.75) is 11.8 Å². The minimum atomic E-state index is -3.71.